The maximum Gasteiger partial charge on any atom is 0.254 e. The Morgan fingerprint density at radius 3 is 2.74 bits per heavy atom. The topological polar surface area (TPSA) is 84.6 Å². The number of methoxy groups -OCH3 is 1. The van der Waals surface area contributed by atoms with E-state index in [1.165, 1.54) is 6.33 Å². The highest BCUT2D eigenvalue weighted by molar-refractivity contribution is 5.80. The van der Waals surface area contributed by atoms with Gasteiger partial charge in [0.2, 0.25) is 5.91 Å². The van der Waals surface area contributed by atoms with Gasteiger partial charge in [-0.05, 0) is 24.7 Å². The minimum Gasteiger partial charge on any atom is -0.372 e. The van der Waals surface area contributed by atoms with Gasteiger partial charge in [0.1, 0.15) is 18.2 Å². The summed E-state index contributed by atoms with van der Waals surface area (Å²) >= 11 is 0. The Kier molecular flexibility index (Phi) is 6.75. The summed E-state index contributed by atoms with van der Waals surface area (Å²) in [7, 11) is 3.59. The van der Waals surface area contributed by atoms with Crippen LogP contribution in [0.1, 0.15) is 39.8 Å². The second kappa shape index (κ2) is 8.65. The van der Waals surface area contributed by atoms with Gasteiger partial charge in [-0.2, -0.15) is 14.6 Å². The normalized spacial score (nSPS) is 13.2. The van der Waals surface area contributed by atoms with Crippen LogP contribution in [0.15, 0.2) is 12.4 Å². The monoisotopic (exact) mass is 376 g/mol. The molecule has 27 heavy (non-hydrogen) atoms. The van der Waals surface area contributed by atoms with Gasteiger partial charge in [0, 0.05) is 39.0 Å². The number of anilines is 1. The molecule has 0 radical (unpaired) electrons. The Morgan fingerprint density at radius 2 is 2.11 bits per heavy atom. The zero-order chi connectivity index (χ0) is 20.2. The van der Waals surface area contributed by atoms with Crippen LogP contribution in [-0.4, -0.2) is 58.8 Å². The fourth-order valence-corrected chi connectivity index (χ4v) is 3.14. The van der Waals surface area contributed by atoms with Crippen LogP contribution in [0, 0.1) is 18.3 Å². The van der Waals surface area contributed by atoms with Crippen LogP contribution in [0.5, 0.6) is 0 Å². The van der Waals surface area contributed by atoms with Crippen molar-refractivity contribution in [1.82, 2.24) is 24.9 Å². The molecule has 1 atom stereocenters. The first-order chi connectivity index (χ1) is 12.6. The van der Waals surface area contributed by atoms with Gasteiger partial charge in [0.25, 0.3) is 5.78 Å². The quantitative estimate of drug-likeness (QED) is 0.721. The van der Waals surface area contributed by atoms with Crippen LogP contribution in [0.3, 0.4) is 0 Å². The molecular weight excluding hydrogens is 344 g/mol. The van der Waals surface area contributed by atoms with Crippen molar-refractivity contribution in [3.8, 4) is 0 Å². The first-order valence-electron chi connectivity index (χ1n) is 9.32. The van der Waals surface area contributed by atoms with Crippen molar-refractivity contribution in [2.75, 3.05) is 32.1 Å². The number of hydrogen-bond acceptors (Lipinski definition) is 6. The van der Waals surface area contributed by atoms with Gasteiger partial charge in [-0.25, -0.2) is 4.98 Å². The molecule has 0 aliphatic carbocycles. The fourth-order valence-electron chi connectivity index (χ4n) is 3.14. The first kappa shape index (κ1) is 21.1. The molecule has 0 fully saturated rings. The molecule has 2 aromatic rings. The number of fused-ring (bicyclic) bond motifs is 1. The fraction of sp³-hybridized carbons (Fsp3) is 0.684. The van der Waals surface area contributed by atoms with E-state index in [-0.39, 0.29) is 11.3 Å². The van der Waals surface area contributed by atoms with Crippen LogP contribution in [0.4, 0.5) is 5.82 Å². The molecular formula is C19H32N6O2. The molecule has 1 unspecified atom stereocenters. The number of rotatable bonds is 9. The summed E-state index contributed by atoms with van der Waals surface area (Å²) in [6.07, 6.45) is 1.81. The number of hydrogen-bond donors (Lipinski definition) is 1. The number of carbonyl (C=O) groups is 1. The van der Waals surface area contributed by atoms with Crippen molar-refractivity contribution >= 4 is 17.5 Å². The summed E-state index contributed by atoms with van der Waals surface area (Å²) in [5, 5.41) is 7.30. The van der Waals surface area contributed by atoms with Gasteiger partial charge in [-0.1, -0.05) is 27.7 Å². The molecule has 0 saturated carbocycles. The third kappa shape index (κ3) is 5.63. The summed E-state index contributed by atoms with van der Waals surface area (Å²) in [5.74, 6) is 1.85. The van der Waals surface area contributed by atoms with Crippen molar-refractivity contribution in [3.05, 3.63) is 18.1 Å². The molecule has 150 valence electrons. The average molecular weight is 377 g/mol. The zero-order valence-corrected chi connectivity index (χ0v) is 17.5. The number of amides is 1. The van der Waals surface area contributed by atoms with Crippen LogP contribution < -0.4 is 10.2 Å². The number of carbonyl (C=O) groups excluding carboxylic acids is 1. The number of ether oxygens (including phenoxy) is 1. The van der Waals surface area contributed by atoms with E-state index in [0.717, 1.165) is 18.1 Å². The van der Waals surface area contributed by atoms with Crippen LogP contribution in [0.2, 0.25) is 0 Å². The standard InChI is InChI=1S/C19H32N6O2/c1-13(2)8-15(27-7)17(26)20-10-19(4,5)11-24(6)16-9-14(3)23-18-21-12-22-25(16)18/h9,12-13,15H,8,10-11H2,1-7H3,(H,20,26). The molecule has 0 aromatic carbocycles. The van der Waals surface area contributed by atoms with E-state index in [9.17, 15) is 4.79 Å². The number of aryl methyl sites for hydroxylation is 1. The Balaban J connectivity index is 2.02. The largest absolute Gasteiger partial charge is 0.372 e. The minimum atomic E-state index is -0.406. The van der Waals surface area contributed by atoms with E-state index in [1.807, 2.05) is 20.0 Å². The molecule has 0 aliphatic heterocycles. The minimum absolute atomic E-state index is 0.0552. The summed E-state index contributed by atoms with van der Waals surface area (Å²) in [5.41, 5.74) is 0.741. The molecule has 2 heterocycles. The second-order valence-corrected chi connectivity index (χ2v) is 8.32. The van der Waals surface area contributed by atoms with Crippen LogP contribution in [-0.2, 0) is 9.53 Å². The van der Waals surface area contributed by atoms with E-state index in [4.69, 9.17) is 4.74 Å². The lowest BCUT2D eigenvalue weighted by Gasteiger charge is -2.32. The molecule has 0 aliphatic rings. The predicted molar refractivity (Wildman–Crippen MR) is 106 cm³/mol. The van der Waals surface area contributed by atoms with Gasteiger partial charge in [0.15, 0.2) is 0 Å². The maximum atomic E-state index is 12.4. The third-order valence-corrected chi connectivity index (χ3v) is 4.42. The highest BCUT2D eigenvalue weighted by Crippen LogP contribution is 2.21. The van der Waals surface area contributed by atoms with E-state index in [1.54, 1.807) is 11.6 Å². The first-order valence-corrected chi connectivity index (χ1v) is 9.32. The number of nitrogens with zero attached hydrogens (tertiary/aromatic N) is 5. The third-order valence-electron chi connectivity index (χ3n) is 4.42. The SMILES string of the molecule is COC(CC(C)C)C(=O)NCC(C)(C)CN(C)c1cc(C)nc2ncnn12. The Bertz CT molecular complexity index is 771. The zero-order valence-electron chi connectivity index (χ0n) is 17.5. The molecule has 1 N–H and O–H groups in total. The summed E-state index contributed by atoms with van der Waals surface area (Å²) in [6.45, 7) is 11.6. The Labute approximate surface area is 161 Å². The molecule has 2 rings (SSSR count). The molecule has 1 amide bonds. The summed E-state index contributed by atoms with van der Waals surface area (Å²) < 4.78 is 7.07. The van der Waals surface area contributed by atoms with Gasteiger partial charge in [-0.3, -0.25) is 4.79 Å². The lowest BCUT2D eigenvalue weighted by molar-refractivity contribution is -0.132. The Morgan fingerprint density at radius 1 is 1.41 bits per heavy atom. The lowest BCUT2D eigenvalue weighted by atomic mass is 9.92. The molecule has 8 heteroatoms. The number of nitrogens with one attached hydrogen (secondary N) is 1. The van der Waals surface area contributed by atoms with Crippen molar-refractivity contribution in [2.45, 2.75) is 47.1 Å². The molecule has 0 spiro atoms. The smallest absolute Gasteiger partial charge is 0.254 e. The average Bonchev–Trinajstić information content (AvgIpc) is 3.04. The van der Waals surface area contributed by atoms with Crippen molar-refractivity contribution in [3.63, 3.8) is 0 Å². The van der Waals surface area contributed by atoms with E-state index < -0.39 is 6.10 Å². The lowest BCUT2D eigenvalue weighted by Crippen LogP contribution is -2.45. The molecule has 2 aromatic heterocycles. The molecule has 0 saturated heterocycles. The van der Waals surface area contributed by atoms with Gasteiger partial charge < -0.3 is 15.0 Å². The Hall–Kier alpha value is -2.22. The number of aromatic nitrogens is 4. The summed E-state index contributed by atoms with van der Waals surface area (Å²) in [6, 6.07) is 1.99. The molecule has 8 nitrogen and oxygen atoms in total. The van der Waals surface area contributed by atoms with E-state index in [2.05, 4.69) is 53.0 Å². The van der Waals surface area contributed by atoms with E-state index in [0.29, 0.717) is 24.7 Å². The summed E-state index contributed by atoms with van der Waals surface area (Å²) in [4.78, 5) is 23.1. The van der Waals surface area contributed by atoms with Gasteiger partial charge >= 0.3 is 0 Å². The van der Waals surface area contributed by atoms with E-state index >= 15 is 0 Å². The van der Waals surface area contributed by atoms with Crippen LogP contribution >= 0.6 is 0 Å². The second-order valence-electron chi connectivity index (χ2n) is 8.32. The van der Waals surface area contributed by atoms with Crippen molar-refractivity contribution in [1.29, 1.82) is 0 Å². The van der Waals surface area contributed by atoms with Crippen LogP contribution in [0.25, 0.3) is 5.78 Å². The van der Waals surface area contributed by atoms with Crippen molar-refractivity contribution < 1.29 is 9.53 Å². The highest BCUT2D eigenvalue weighted by Gasteiger charge is 2.25. The maximum absolute atomic E-state index is 12.4. The van der Waals surface area contributed by atoms with Crippen molar-refractivity contribution in [2.24, 2.45) is 11.3 Å². The molecule has 0 bridgehead atoms. The highest BCUT2D eigenvalue weighted by atomic mass is 16.5. The predicted octanol–water partition coefficient (Wildman–Crippen LogP) is 2.07. The van der Waals surface area contributed by atoms with Gasteiger partial charge in [0.05, 0.1) is 0 Å². The van der Waals surface area contributed by atoms with Gasteiger partial charge in [-0.15, -0.1) is 0 Å².